The quantitative estimate of drug-likeness (QED) is 0.780. The van der Waals surface area contributed by atoms with Crippen LogP contribution in [0.25, 0.3) is 22.2 Å². The molecule has 5 heteroatoms. The maximum Gasteiger partial charge on any atom is 0.229 e. The third-order valence-electron chi connectivity index (χ3n) is 4.82. The number of phenolic OH excluding ortho intramolecular Hbond substituents is 1. The van der Waals surface area contributed by atoms with Gasteiger partial charge in [-0.25, -0.2) is 0 Å². The van der Waals surface area contributed by atoms with E-state index in [0.717, 1.165) is 40.7 Å². The molecule has 0 aliphatic heterocycles. The summed E-state index contributed by atoms with van der Waals surface area (Å²) in [5, 5.41) is 11.1. The Morgan fingerprint density at radius 3 is 2.70 bits per heavy atom. The Labute approximate surface area is 133 Å². The van der Waals surface area contributed by atoms with Gasteiger partial charge in [0, 0.05) is 18.0 Å². The molecule has 1 aliphatic carbocycles. The van der Waals surface area contributed by atoms with Crippen molar-refractivity contribution in [3.63, 3.8) is 0 Å². The molecule has 116 valence electrons. The van der Waals surface area contributed by atoms with Gasteiger partial charge < -0.3 is 15.4 Å². The summed E-state index contributed by atoms with van der Waals surface area (Å²) in [6, 6.07) is 11.2. The zero-order chi connectivity index (χ0) is 16.2. The topological polar surface area (TPSA) is 81.1 Å². The van der Waals surface area contributed by atoms with Gasteiger partial charge in [-0.3, -0.25) is 9.78 Å². The van der Waals surface area contributed by atoms with Crippen molar-refractivity contribution in [2.45, 2.75) is 18.3 Å². The number of aryl methyl sites for hydroxylation is 1. The summed E-state index contributed by atoms with van der Waals surface area (Å²) in [6.45, 7) is 0. The molecule has 0 bridgehead atoms. The number of para-hydroxylation sites is 1. The number of pyridine rings is 1. The lowest BCUT2D eigenvalue weighted by Crippen LogP contribution is -2.29. The molecule has 2 aromatic heterocycles. The molecule has 0 atom stereocenters. The first kappa shape index (κ1) is 13.8. The van der Waals surface area contributed by atoms with Crippen molar-refractivity contribution in [3.05, 3.63) is 48.3 Å². The molecule has 0 spiro atoms. The number of nitrogens with zero attached hydrogens (tertiary/aromatic N) is 2. The van der Waals surface area contributed by atoms with Gasteiger partial charge in [-0.2, -0.15) is 0 Å². The van der Waals surface area contributed by atoms with Gasteiger partial charge in [0.2, 0.25) is 5.91 Å². The number of fused-ring (bicyclic) bond motifs is 1. The van der Waals surface area contributed by atoms with Gasteiger partial charge in [-0.15, -0.1) is 0 Å². The molecular formula is C18H17N3O2. The first-order valence-electron chi connectivity index (χ1n) is 7.57. The highest BCUT2D eigenvalue weighted by Crippen LogP contribution is 2.47. The number of aromatic nitrogens is 2. The maximum absolute atomic E-state index is 11.7. The minimum Gasteiger partial charge on any atom is -0.507 e. The van der Waals surface area contributed by atoms with Crippen molar-refractivity contribution in [1.29, 1.82) is 0 Å². The van der Waals surface area contributed by atoms with Crippen molar-refractivity contribution in [2.24, 2.45) is 12.8 Å². The number of amides is 1. The molecule has 1 fully saturated rings. The minimum absolute atomic E-state index is 0.238. The van der Waals surface area contributed by atoms with E-state index >= 15 is 0 Å². The van der Waals surface area contributed by atoms with Gasteiger partial charge in [-0.1, -0.05) is 12.1 Å². The molecule has 2 heterocycles. The van der Waals surface area contributed by atoms with Crippen molar-refractivity contribution < 1.29 is 9.90 Å². The van der Waals surface area contributed by atoms with Crippen LogP contribution in [0, 0.1) is 0 Å². The first-order chi connectivity index (χ1) is 11.0. The fraction of sp³-hybridized carbons (Fsp3) is 0.222. The minimum atomic E-state index is -0.584. The summed E-state index contributed by atoms with van der Waals surface area (Å²) < 4.78 is 1.99. The molecule has 1 aliphatic rings. The Bertz CT molecular complexity index is 939. The van der Waals surface area contributed by atoms with Crippen LogP contribution in [0.15, 0.2) is 42.6 Å². The van der Waals surface area contributed by atoms with E-state index in [1.54, 1.807) is 18.3 Å². The average molecular weight is 307 g/mol. The van der Waals surface area contributed by atoms with E-state index in [2.05, 4.69) is 4.98 Å². The monoisotopic (exact) mass is 307 g/mol. The van der Waals surface area contributed by atoms with Crippen LogP contribution in [0.2, 0.25) is 0 Å². The summed E-state index contributed by atoms with van der Waals surface area (Å²) in [5.41, 5.74) is 8.32. The van der Waals surface area contributed by atoms with Gasteiger partial charge in [0.1, 0.15) is 5.75 Å². The second-order valence-electron chi connectivity index (χ2n) is 6.18. The standard InChI is InChI=1S/C18H17N3O2/c1-21-13(12-4-2-3-5-15(12)22)8-11-9-16(20-10-14(11)21)18(6-7-18)17(19)23/h2-5,8-10,22H,6-7H2,1H3,(H2,19,23). The summed E-state index contributed by atoms with van der Waals surface area (Å²) in [6.07, 6.45) is 3.30. The van der Waals surface area contributed by atoms with Gasteiger partial charge in [0.15, 0.2) is 0 Å². The molecular weight excluding hydrogens is 290 g/mol. The van der Waals surface area contributed by atoms with Crippen LogP contribution in [-0.4, -0.2) is 20.6 Å². The average Bonchev–Trinajstić information content (AvgIpc) is 3.29. The lowest BCUT2D eigenvalue weighted by molar-refractivity contribution is -0.120. The van der Waals surface area contributed by atoms with Crippen molar-refractivity contribution in [1.82, 2.24) is 9.55 Å². The predicted octanol–water partition coefficient (Wildman–Crippen LogP) is 2.46. The van der Waals surface area contributed by atoms with Crippen LogP contribution >= 0.6 is 0 Å². The lowest BCUT2D eigenvalue weighted by Gasteiger charge is -2.10. The lowest BCUT2D eigenvalue weighted by atomic mass is 10.00. The van der Waals surface area contributed by atoms with Gasteiger partial charge in [0.05, 0.1) is 28.5 Å². The number of carbonyl (C=O) groups is 1. The van der Waals surface area contributed by atoms with E-state index in [4.69, 9.17) is 5.73 Å². The van der Waals surface area contributed by atoms with Crippen LogP contribution < -0.4 is 5.73 Å². The number of carbonyl (C=O) groups excluding carboxylic acids is 1. The number of hydrogen-bond acceptors (Lipinski definition) is 3. The van der Waals surface area contributed by atoms with Crippen molar-refractivity contribution in [2.75, 3.05) is 0 Å². The molecule has 1 saturated carbocycles. The summed E-state index contributed by atoms with van der Waals surface area (Å²) in [5.74, 6) is -0.0661. The number of primary amides is 1. The Hall–Kier alpha value is -2.82. The SMILES string of the molecule is Cn1c(-c2ccccc2O)cc2cc(C3(C(N)=O)CC3)ncc21. The number of nitrogens with two attached hydrogens (primary N) is 1. The van der Waals surface area contributed by atoms with E-state index in [1.807, 2.05) is 35.9 Å². The Morgan fingerprint density at radius 1 is 1.30 bits per heavy atom. The van der Waals surface area contributed by atoms with Crippen LogP contribution in [0.3, 0.4) is 0 Å². The third kappa shape index (κ3) is 1.93. The molecule has 0 saturated heterocycles. The summed E-state index contributed by atoms with van der Waals surface area (Å²) in [4.78, 5) is 16.2. The largest absolute Gasteiger partial charge is 0.507 e. The van der Waals surface area contributed by atoms with Gasteiger partial charge in [-0.05, 0) is 37.1 Å². The Balaban J connectivity index is 1.89. The number of hydrogen-bond donors (Lipinski definition) is 2. The van der Waals surface area contributed by atoms with Crippen LogP contribution in [0.1, 0.15) is 18.5 Å². The van der Waals surface area contributed by atoms with Crippen LogP contribution in [0.5, 0.6) is 5.75 Å². The molecule has 23 heavy (non-hydrogen) atoms. The molecule has 3 aromatic rings. The summed E-state index contributed by atoms with van der Waals surface area (Å²) in [7, 11) is 1.94. The maximum atomic E-state index is 11.7. The highest BCUT2D eigenvalue weighted by molar-refractivity contribution is 5.92. The smallest absolute Gasteiger partial charge is 0.229 e. The van der Waals surface area contributed by atoms with E-state index in [1.165, 1.54) is 0 Å². The first-order valence-corrected chi connectivity index (χ1v) is 7.57. The normalized spacial score (nSPS) is 15.7. The van der Waals surface area contributed by atoms with E-state index in [0.29, 0.717) is 0 Å². The number of benzene rings is 1. The second kappa shape index (κ2) is 4.59. The fourth-order valence-corrected chi connectivity index (χ4v) is 3.20. The Kier molecular flexibility index (Phi) is 2.75. The second-order valence-corrected chi connectivity index (χ2v) is 6.18. The number of rotatable bonds is 3. The van der Waals surface area contributed by atoms with Gasteiger partial charge >= 0.3 is 0 Å². The van der Waals surface area contributed by atoms with Gasteiger partial charge in [0.25, 0.3) is 0 Å². The number of aromatic hydroxyl groups is 1. The highest BCUT2D eigenvalue weighted by atomic mass is 16.3. The molecule has 4 rings (SSSR count). The molecule has 3 N–H and O–H groups in total. The van der Waals surface area contributed by atoms with Crippen LogP contribution in [0.4, 0.5) is 0 Å². The highest BCUT2D eigenvalue weighted by Gasteiger charge is 2.51. The third-order valence-corrected chi connectivity index (χ3v) is 4.82. The van der Waals surface area contributed by atoms with Crippen LogP contribution in [-0.2, 0) is 17.3 Å². The molecule has 0 radical (unpaired) electrons. The van der Waals surface area contributed by atoms with E-state index in [-0.39, 0.29) is 11.7 Å². The van der Waals surface area contributed by atoms with E-state index < -0.39 is 5.41 Å². The molecule has 5 nitrogen and oxygen atoms in total. The molecule has 0 unspecified atom stereocenters. The predicted molar refractivity (Wildman–Crippen MR) is 87.9 cm³/mol. The Morgan fingerprint density at radius 2 is 2.04 bits per heavy atom. The molecule has 1 aromatic carbocycles. The van der Waals surface area contributed by atoms with Crippen molar-refractivity contribution in [3.8, 4) is 17.0 Å². The fourth-order valence-electron chi connectivity index (χ4n) is 3.20. The zero-order valence-corrected chi connectivity index (χ0v) is 12.8. The summed E-state index contributed by atoms with van der Waals surface area (Å²) >= 11 is 0. The van der Waals surface area contributed by atoms with Crippen molar-refractivity contribution >= 4 is 16.8 Å². The van der Waals surface area contributed by atoms with E-state index in [9.17, 15) is 9.90 Å². The zero-order valence-electron chi connectivity index (χ0n) is 12.8. The number of phenols is 1. The molecule has 1 amide bonds.